The van der Waals surface area contributed by atoms with Crippen LogP contribution in [0.3, 0.4) is 0 Å². The Balaban J connectivity index is 1.90. The van der Waals surface area contributed by atoms with Crippen molar-refractivity contribution in [1.82, 2.24) is 30.0 Å². The van der Waals surface area contributed by atoms with Crippen molar-refractivity contribution in [2.75, 3.05) is 12.3 Å². The van der Waals surface area contributed by atoms with Gasteiger partial charge in [0.15, 0.2) is 11.5 Å². The predicted molar refractivity (Wildman–Crippen MR) is 90.7 cm³/mol. The number of rotatable bonds is 4. The molecule has 4 rings (SSSR count). The van der Waals surface area contributed by atoms with Gasteiger partial charge in [0.05, 0.1) is 30.3 Å². The maximum absolute atomic E-state index is 10.7. The number of anilines is 1. The van der Waals surface area contributed by atoms with Crippen LogP contribution >= 0.6 is 0 Å². The first kappa shape index (κ1) is 17.2. The van der Waals surface area contributed by atoms with Crippen LogP contribution < -0.4 is 5.73 Å². The fraction of sp³-hybridized carbons (Fsp3) is 0.429. The van der Waals surface area contributed by atoms with Gasteiger partial charge in [0.1, 0.15) is 17.9 Å². The molecule has 1 aliphatic heterocycles. The first-order valence-electron chi connectivity index (χ1n) is 8.04. The van der Waals surface area contributed by atoms with E-state index in [4.69, 9.17) is 16.0 Å². The van der Waals surface area contributed by atoms with Crippen LogP contribution in [-0.2, 0) is 4.74 Å². The molecule has 1 fully saturated rings. The summed E-state index contributed by atoms with van der Waals surface area (Å²) in [5.74, 6) is -0.449. The SMILES string of the molecule is C[C@H]1[C@H](O)[C@H](c2cc(-c3cnn[nH]3)c3c(N)ncnn23)O[C@@]1(CO)N=[N+]=[N-]. The number of H-pyrrole nitrogens is 1. The van der Waals surface area contributed by atoms with Gasteiger partial charge in [-0.25, -0.2) is 9.50 Å². The molecule has 0 amide bonds. The molecule has 0 aromatic carbocycles. The summed E-state index contributed by atoms with van der Waals surface area (Å²) >= 11 is 0. The van der Waals surface area contributed by atoms with E-state index in [-0.39, 0.29) is 5.82 Å². The number of aliphatic hydroxyl groups is 2. The summed E-state index contributed by atoms with van der Waals surface area (Å²) in [5.41, 5.74) is 15.4. The Labute approximate surface area is 151 Å². The summed E-state index contributed by atoms with van der Waals surface area (Å²) < 4.78 is 7.33. The van der Waals surface area contributed by atoms with Crippen molar-refractivity contribution >= 4 is 11.3 Å². The van der Waals surface area contributed by atoms with E-state index < -0.39 is 30.5 Å². The minimum Gasteiger partial charge on any atom is -0.393 e. The highest BCUT2D eigenvalue weighted by atomic mass is 16.6. The monoisotopic (exact) mass is 372 g/mol. The molecular weight excluding hydrogens is 356 g/mol. The Morgan fingerprint density at radius 2 is 2.37 bits per heavy atom. The van der Waals surface area contributed by atoms with Gasteiger partial charge in [-0.2, -0.15) is 5.10 Å². The van der Waals surface area contributed by atoms with Gasteiger partial charge in [-0.3, -0.25) is 5.10 Å². The lowest BCUT2D eigenvalue weighted by Gasteiger charge is -2.24. The van der Waals surface area contributed by atoms with E-state index in [9.17, 15) is 10.2 Å². The number of hydrogen-bond acceptors (Lipinski definition) is 9. The third kappa shape index (κ3) is 2.41. The van der Waals surface area contributed by atoms with Crippen molar-refractivity contribution in [3.63, 3.8) is 0 Å². The van der Waals surface area contributed by atoms with E-state index >= 15 is 0 Å². The fourth-order valence-electron chi connectivity index (χ4n) is 3.39. The summed E-state index contributed by atoms with van der Waals surface area (Å²) in [6.45, 7) is 1.05. The van der Waals surface area contributed by atoms with Gasteiger partial charge in [0, 0.05) is 16.4 Å². The second-order valence-electron chi connectivity index (χ2n) is 6.27. The average molecular weight is 372 g/mol. The molecule has 1 aliphatic rings. The lowest BCUT2D eigenvalue weighted by atomic mass is 9.93. The summed E-state index contributed by atoms with van der Waals surface area (Å²) in [4.78, 5) is 6.76. The molecule has 0 saturated carbocycles. The van der Waals surface area contributed by atoms with Crippen LogP contribution in [0.4, 0.5) is 5.82 Å². The van der Waals surface area contributed by atoms with Crippen molar-refractivity contribution in [3.8, 4) is 11.3 Å². The van der Waals surface area contributed by atoms with Crippen LogP contribution in [0.5, 0.6) is 0 Å². The van der Waals surface area contributed by atoms with E-state index in [1.807, 2.05) is 0 Å². The molecule has 5 N–H and O–H groups in total. The number of fused-ring (bicyclic) bond motifs is 1. The minimum atomic E-state index is -1.59. The molecule has 0 aliphatic carbocycles. The Morgan fingerprint density at radius 3 is 3.04 bits per heavy atom. The summed E-state index contributed by atoms with van der Waals surface area (Å²) in [6.07, 6.45) is 0.796. The smallest absolute Gasteiger partial charge is 0.175 e. The molecule has 1 saturated heterocycles. The Bertz CT molecular complexity index is 1030. The van der Waals surface area contributed by atoms with Crippen molar-refractivity contribution in [1.29, 1.82) is 0 Å². The largest absolute Gasteiger partial charge is 0.393 e. The molecule has 0 bridgehead atoms. The van der Waals surface area contributed by atoms with Gasteiger partial charge < -0.3 is 20.7 Å². The van der Waals surface area contributed by atoms with Crippen LogP contribution in [0.2, 0.25) is 0 Å². The van der Waals surface area contributed by atoms with Crippen LogP contribution in [0.1, 0.15) is 18.7 Å². The van der Waals surface area contributed by atoms with Gasteiger partial charge >= 0.3 is 0 Å². The molecule has 3 aromatic rings. The Morgan fingerprint density at radius 1 is 1.56 bits per heavy atom. The molecule has 27 heavy (non-hydrogen) atoms. The molecule has 4 heterocycles. The molecule has 0 unspecified atom stereocenters. The minimum absolute atomic E-state index is 0.213. The topological polar surface area (TPSA) is 196 Å². The van der Waals surface area contributed by atoms with Crippen molar-refractivity contribution in [3.05, 3.63) is 34.7 Å². The third-order valence-corrected chi connectivity index (χ3v) is 4.91. The highest BCUT2D eigenvalue weighted by Crippen LogP contribution is 2.46. The van der Waals surface area contributed by atoms with Crippen molar-refractivity contribution < 1.29 is 14.9 Å². The summed E-state index contributed by atoms with van der Waals surface area (Å²) in [5, 5.41) is 38.5. The van der Waals surface area contributed by atoms with Crippen molar-refractivity contribution in [2.24, 2.45) is 11.0 Å². The molecule has 13 heteroatoms. The standard InChI is InChI=1S/C14H16N10O3/c1-6-11(26)12(27-14(6,4-25)21-22-16)9-2-7(8-3-18-23-20-8)10-13(15)17-5-19-24(9)10/h2-3,5-6,11-12,25-26H,4H2,1H3,(H2,15,17,19)(H,18,20,23)/t6-,11-,12-,14+/m0/s1. The van der Waals surface area contributed by atoms with E-state index in [1.54, 1.807) is 13.0 Å². The number of nitrogens with two attached hydrogens (primary N) is 1. The number of ether oxygens (including phenoxy) is 1. The molecule has 3 aromatic heterocycles. The quantitative estimate of drug-likeness (QED) is 0.282. The highest BCUT2D eigenvalue weighted by molar-refractivity contribution is 5.86. The number of aromatic amines is 1. The molecular formula is C14H16N10O3. The highest BCUT2D eigenvalue weighted by Gasteiger charge is 2.53. The number of aliphatic hydroxyl groups excluding tert-OH is 2. The first-order chi connectivity index (χ1) is 13.0. The van der Waals surface area contributed by atoms with Crippen LogP contribution in [0, 0.1) is 5.92 Å². The lowest BCUT2D eigenvalue weighted by molar-refractivity contribution is -0.0882. The third-order valence-electron chi connectivity index (χ3n) is 4.91. The fourth-order valence-corrected chi connectivity index (χ4v) is 3.39. The van der Waals surface area contributed by atoms with Crippen LogP contribution in [0.15, 0.2) is 23.7 Å². The molecule has 0 radical (unpaired) electrons. The Hall–Kier alpha value is -3.25. The maximum Gasteiger partial charge on any atom is 0.175 e. The number of aromatic nitrogens is 6. The van der Waals surface area contributed by atoms with Gasteiger partial charge in [-0.1, -0.05) is 17.3 Å². The normalized spacial score (nSPS) is 27.7. The van der Waals surface area contributed by atoms with E-state index in [0.717, 1.165) is 0 Å². The summed E-state index contributed by atoms with van der Waals surface area (Å²) in [7, 11) is 0. The maximum atomic E-state index is 10.7. The second-order valence-corrected chi connectivity index (χ2v) is 6.27. The zero-order valence-electron chi connectivity index (χ0n) is 14.1. The van der Waals surface area contributed by atoms with E-state index in [0.29, 0.717) is 22.5 Å². The zero-order chi connectivity index (χ0) is 19.2. The van der Waals surface area contributed by atoms with Crippen LogP contribution in [-0.4, -0.2) is 58.7 Å². The number of azide groups is 1. The number of nitrogen functional groups attached to an aromatic ring is 1. The van der Waals surface area contributed by atoms with Crippen LogP contribution in [0.25, 0.3) is 27.2 Å². The molecule has 0 spiro atoms. The van der Waals surface area contributed by atoms with Gasteiger partial charge in [-0.15, -0.1) is 5.10 Å². The Kier molecular flexibility index (Phi) is 3.93. The number of nitrogens with one attached hydrogen (secondary N) is 1. The molecule has 13 nitrogen and oxygen atoms in total. The van der Waals surface area contributed by atoms with Crippen molar-refractivity contribution in [2.45, 2.75) is 24.9 Å². The molecule has 4 atom stereocenters. The zero-order valence-corrected chi connectivity index (χ0v) is 14.1. The van der Waals surface area contributed by atoms with Gasteiger partial charge in [0.25, 0.3) is 0 Å². The lowest BCUT2D eigenvalue weighted by Crippen LogP contribution is -2.37. The van der Waals surface area contributed by atoms with Gasteiger partial charge in [-0.05, 0) is 11.6 Å². The predicted octanol–water partition coefficient (Wildman–Crippen LogP) is 0.164. The number of nitrogens with zero attached hydrogens (tertiary/aromatic N) is 8. The van der Waals surface area contributed by atoms with Gasteiger partial charge in [0.2, 0.25) is 0 Å². The summed E-state index contributed by atoms with van der Waals surface area (Å²) in [6, 6.07) is 1.71. The average Bonchev–Trinajstić information content (AvgIpc) is 3.36. The number of hydrogen-bond donors (Lipinski definition) is 4. The molecule has 140 valence electrons. The van der Waals surface area contributed by atoms with E-state index in [1.165, 1.54) is 17.0 Å². The first-order valence-corrected chi connectivity index (χ1v) is 8.04. The van der Waals surface area contributed by atoms with E-state index in [2.05, 4.69) is 35.5 Å². The second kappa shape index (κ2) is 6.17.